The van der Waals surface area contributed by atoms with E-state index in [9.17, 15) is 9.59 Å². The zero-order chi connectivity index (χ0) is 21.4. The maximum absolute atomic E-state index is 13.2. The third-order valence-corrected chi connectivity index (χ3v) is 7.96. The Morgan fingerprint density at radius 2 is 2.27 bits per heavy atom. The minimum atomic E-state index is -0.449. The van der Waals surface area contributed by atoms with Gasteiger partial charge in [-0.2, -0.15) is 0 Å². The molecule has 8 heteroatoms. The molecule has 1 amide bonds. The normalized spacial score (nSPS) is 14.0. The van der Waals surface area contributed by atoms with Crippen LogP contribution in [0.15, 0.2) is 40.8 Å². The van der Waals surface area contributed by atoms with Crippen LogP contribution in [-0.4, -0.2) is 20.7 Å². The van der Waals surface area contributed by atoms with E-state index in [2.05, 4.69) is 11.9 Å². The number of aromatic nitrogens is 2. The first-order valence-corrected chi connectivity index (χ1v) is 11.9. The van der Waals surface area contributed by atoms with E-state index < -0.39 is 5.25 Å². The lowest BCUT2D eigenvalue weighted by molar-refractivity contribution is -0.115. The molecule has 0 fully saturated rings. The summed E-state index contributed by atoms with van der Waals surface area (Å²) >= 11 is 9.04. The van der Waals surface area contributed by atoms with Gasteiger partial charge in [0.05, 0.1) is 10.6 Å². The number of nitrogens with zero attached hydrogens (tertiary/aromatic N) is 2. The van der Waals surface area contributed by atoms with Crippen LogP contribution in [-0.2, 0) is 24.2 Å². The number of fused-ring (bicyclic) bond motifs is 3. The van der Waals surface area contributed by atoms with Crippen LogP contribution in [0.3, 0.4) is 0 Å². The largest absolute Gasteiger partial charge is 0.325 e. The van der Waals surface area contributed by atoms with Gasteiger partial charge >= 0.3 is 0 Å². The lowest BCUT2D eigenvalue weighted by atomic mass is 10.2. The molecule has 4 rings (SSSR count). The van der Waals surface area contributed by atoms with Gasteiger partial charge in [0.25, 0.3) is 5.56 Å². The quantitative estimate of drug-likeness (QED) is 0.312. The van der Waals surface area contributed by atoms with E-state index in [1.54, 1.807) is 34.1 Å². The molecule has 0 bridgehead atoms. The highest BCUT2D eigenvalue weighted by molar-refractivity contribution is 8.00. The molecule has 1 aliphatic rings. The molecule has 0 aliphatic heterocycles. The van der Waals surface area contributed by atoms with Crippen LogP contribution in [0.2, 0.25) is 5.02 Å². The number of hydrogen-bond acceptors (Lipinski definition) is 5. The highest BCUT2D eigenvalue weighted by Crippen LogP contribution is 2.36. The van der Waals surface area contributed by atoms with Crippen molar-refractivity contribution in [2.75, 3.05) is 5.32 Å². The SMILES string of the molecule is C=CCn1c(SC(C)C(=O)Nc2cccc(Cl)c2C)nc2sc3c(c2c1=O)CCC3. The summed E-state index contributed by atoms with van der Waals surface area (Å²) in [5.74, 6) is -0.168. The number of benzene rings is 1. The Morgan fingerprint density at radius 1 is 1.47 bits per heavy atom. The van der Waals surface area contributed by atoms with Crippen LogP contribution in [0, 0.1) is 6.92 Å². The van der Waals surface area contributed by atoms with E-state index >= 15 is 0 Å². The Bertz CT molecular complexity index is 1220. The fourth-order valence-corrected chi connectivity index (χ4v) is 6.02. The molecule has 30 heavy (non-hydrogen) atoms. The number of aryl methyl sites for hydroxylation is 2. The van der Waals surface area contributed by atoms with E-state index in [0.29, 0.717) is 22.4 Å². The number of hydrogen-bond donors (Lipinski definition) is 1. The zero-order valence-electron chi connectivity index (χ0n) is 16.8. The second kappa shape index (κ2) is 8.57. The van der Waals surface area contributed by atoms with Crippen LogP contribution in [0.4, 0.5) is 5.69 Å². The summed E-state index contributed by atoms with van der Waals surface area (Å²) in [5, 5.41) is 4.36. The third-order valence-electron chi connectivity index (χ3n) is 5.28. The molecule has 1 aliphatic carbocycles. The number of anilines is 1. The lowest BCUT2D eigenvalue weighted by Crippen LogP contribution is -2.27. The lowest BCUT2D eigenvalue weighted by Gasteiger charge is -2.16. The van der Waals surface area contributed by atoms with Crippen molar-refractivity contribution in [1.29, 1.82) is 0 Å². The van der Waals surface area contributed by atoms with Gasteiger partial charge in [0.2, 0.25) is 5.91 Å². The number of carbonyl (C=O) groups is 1. The molecule has 0 saturated heterocycles. The first kappa shape index (κ1) is 21.2. The Morgan fingerprint density at radius 3 is 3.03 bits per heavy atom. The van der Waals surface area contributed by atoms with Crippen molar-refractivity contribution in [3.05, 3.63) is 62.2 Å². The maximum Gasteiger partial charge on any atom is 0.263 e. The van der Waals surface area contributed by atoms with E-state index in [4.69, 9.17) is 16.6 Å². The summed E-state index contributed by atoms with van der Waals surface area (Å²) in [6, 6.07) is 5.41. The summed E-state index contributed by atoms with van der Waals surface area (Å²) < 4.78 is 1.62. The predicted molar refractivity (Wildman–Crippen MR) is 126 cm³/mol. The summed E-state index contributed by atoms with van der Waals surface area (Å²) in [7, 11) is 0. The van der Waals surface area contributed by atoms with Gasteiger partial charge in [-0.25, -0.2) is 4.98 Å². The molecule has 1 N–H and O–H groups in total. The summed E-state index contributed by atoms with van der Waals surface area (Å²) in [6.45, 7) is 7.81. The second-order valence-corrected chi connectivity index (χ2v) is 10.1. The number of carbonyl (C=O) groups excluding carboxylic acids is 1. The molecular formula is C22H22ClN3O2S2. The standard InChI is InChI=1S/C22H22ClN3O2S2/c1-4-11-26-21(28)18-14-7-5-10-17(14)30-20(18)25-22(26)29-13(3)19(27)24-16-9-6-8-15(23)12(16)2/h4,6,8-9,13H,1,5,7,10-11H2,2-3H3,(H,24,27). The monoisotopic (exact) mass is 459 g/mol. The van der Waals surface area contributed by atoms with Crippen LogP contribution < -0.4 is 10.9 Å². The minimum absolute atomic E-state index is 0.0416. The Balaban J connectivity index is 1.64. The van der Waals surface area contributed by atoms with Crippen molar-refractivity contribution in [2.24, 2.45) is 0 Å². The summed E-state index contributed by atoms with van der Waals surface area (Å²) in [5.41, 5.74) is 2.62. The van der Waals surface area contributed by atoms with Crippen LogP contribution in [0.5, 0.6) is 0 Å². The number of halogens is 1. The number of thiophene rings is 1. The Labute approximate surface area is 188 Å². The summed E-state index contributed by atoms with van der Waals surface area (Å²) in [4.78, 5) is 32.9. The van der Waals surface area contributed by atoms with Gasteiger partial charge in [0.15, 0.2) is 5.16 Å². The van der Waals surface area contributed by atoms with Gasteiger partial charge in [-0.05, 0) is 56.4 Å². The first-order chi connectivity index (χ1) is 14.4. The van der Waals surface area contributed by atoms with Crippen LogP contribution >= 0.6 is 34.7 Å². The number of rotatable bonds is 6. The molecule has 2 aromatic heterocycles. The topological polar surface area (TPSA) is 64.0 Å². The van der Waals surface area contributed by atoms with Gasteiger partial charge in [0.1, 0.15) is 4.83 Å². The number of thioether (sulfide) groups is 1. The molecule has 156 valence electrons. The van der Waals surface area contributed by atoms with Crippen LogP contribution in [0.1, 0.15) is 29.3 Å². The van der Waals surface area contributed by atoms with Crippen molar-refractivity contribution in [2.45, 2.75) is 50.1 Å². The van der Waals surface area contributed by atoms with Gasteiger partial charge in [0, 0.05) is 22.1 Å². The average Bonchev–Trinajstić information content (AvgIpc) is 3.29. The van der Waals surface area contributed by atoms with Crippen molar-refractivity contribution < 1.29 is 4.79 Å². The second-order valence-electron chi connectivity index (χ2n) is 7.30. The first-order valence-electron chi connectivity index (χ1n) is 9.79. The van der Waals surface area contributed by atoms with E-state index in [1.807, 2.05) is 19.9 Å². The molecule has 0 saturated carbocycles. The average molecular weight is 460 g/mol. The highest BCUT2D eigenvalue weighted by Gasteiger charge is 2.25. The highest BCUT2D eigenvalue weighted by atomic mass is 35.5. The Kier molecular flexibility index (Phi) is 6.04. The zero-order valence-corrected chi connectivity index (χ0v) is 19.2. The molecular weight excluding hydrogens is 438 g/mol. The van der Waals surface area contributed by atoms with Gasteiger partial charge in [-0.3, -0.25) is 14.2 Å². The number of amides is 1. The smallest absolute Gasteiger partial charge is 0.263 e. The van der Waals surface area contributed by atoms with E-state index in [-0.39, 0.29) is 11.5 Å². The number of allylic oxidation sites excluding steroid dienone is 1. The van der Waals surface area contributed by atoms with Gasteiger partial charge in [-0.15, -0.1) is 17.9 Å². The Hall–Kier alpha value is -2.09. The van der Waals surface area contributed by atoms with Crippen molar-refractivity contribution in [3.8, 4) is 0 Å². The fraction of sp³-hybridized carbons (Fsp3) is 0.318. The molecule has 3 aromatic rings. The maximum atomic E-state index is 13.2. The molecule has 2 heterocycles. The minimum Gasteiger partial charge on any atom is -0.325 e. The third kappa shape index (κ3) is 3.82. The van der Waals surface area contributed by atoms with Crippen molar-refractivity contribution in [1.82, 2.24) is 9.55 Å². The van der Waals surface area contributed by atoms with Gasteiger partial charge < -0.3 is 5.32 Å². The molecule has 0 radical (unpaired) electrons. The molecule has 1 unspecified atom stereocenters. The van der Waals surface area contributed by atoms with Crippen molar-refractivity contribution >= 4 is 56.5 Å². The number of nitrogens with one attached hydrogen (secondary N) is 1. The van der Waals surface area contributed by atoms with E-state index in [1.165, 1.54) is 16.6 Å². The fourth-order valence-electron chi connectivity index (χ4n) is 3.63. The van der Waals surface area contributed by atoms with Crippen LogP contribution in [0.25, 0.3) is 10.2 Å². The molecule has 1 atom stereocenters. The molecule has 0 spiro atoms. The molecule has 5 nitrogen and oxygen atoms in total. The van der Waals surface area contributed by atoms with Crippen molar-refractivity contribution in [3.63, 3.8) is 0 Å². The van der Waals surface area contributed by atoms with Gasteiger partial charge in [-0.1, -0.05) is 35.5 Å². The predicted octanol–water partition coefficient (Wildman–Crippen LogP) is 5.21. The van der Waals surface area contributed by atoms with E-state index in [0.717, 1.165) is 40.6 Å². The summed E-state index contributed by atoms with van der Waals surface area (Å²) in [6.07, 6.45) is 4.72. The molecule has 1 aromatic carbocycles.